The summed E-state index contributed by atoms with van der Waals surface area (Å²) in [4.78, 5) is 4.04. The molecule has 20 heavy (non-hydrogen) atoms. The summed E-state index contributed by atoms with van der Waals surface area (Å²) in [6.07, 6.45) is 13.1. The van der Waals surface area contributed by atoms with E-state index in [2.05, 4.69) is 15.6 Å². The molecule has 0 atom stereocenters. The Morgan fingerprint density at radius 1 is 0.950 bits per heavy atom. The third-order valence-corrected chi connectivity index (χ3v) is 3.59. The van der Waals surface area contributed by atoms with Crippen molar-refractivity contribution in [2.75, 3.05) is 11.5 Å². The van der Waals surface area contributed by atoms with Crippen molar-refractivity contribution in [3.05, 3.63) is 42.5 Å². The second kappa shape index (κ2) is 7.58. The molecule has 0 aliphatic heterocycles. The highest BCUT2D eigenvalue weighted by atomic mass is 15.0. The fourth-order valence-corrected chi connectivity index (χ4v) is 2.35. The second-order valence-corrected chi connectivity index (χ2v) is 5.28. The van der Waals surface area contributed by atoms with E-state index < -0.39 is 0 Å². The van der Waals surface area contributed by atoms with Crippen LogP contribution in [0.1, 0.15) is 37.7 Å². The number of aryl methyl sites for hydroxylation is 2. The second-order valence-electron chi connectivity index (χ2n) is 5.28. The predicted molar refractivity (Wildman–Crippen MR) is 84.3 cm³/mol. The molecule has 4 N–H and O–H groups in total. The van der Waals surface area contributed by atoms with E-state index in [9.17, 15) is 0 Å². The van der Waals surface area contributed by atoms with Crippen LogP contribution in [0.4, 0.5) is 11.4 Å². The van der Waals surface area contributed by atoms with Gasteiger partial charge in [-0.2, -0.15) is 0 Å². The van der Waals surface area contributed by atoms with Gasteiger partial charge in [0.15, 0.2) is 0 Å². The quantitative estimate of drug-likeness (QED) is 0.572. The zero-order valence-electron chi connectivity index (χ0n) is 12.0. The van der Waals surface area contributed by atoms with Crippen LogP contribution in [0, 0.1) is 0 Å². The number of imidazole rings is 1. The van der Waals surface area contributed by atoms with Crippen molar-refractivity contribution in [2.24, 2.45) is 0 Å². The smallest absolute Gasteiger partial charge is 0.0945 e. The summed E-state index contributed by atoms with van der Waals surface area (Å²) in [6.45, 7) is 1.08. The molecule has 4 heteroatoms. The van der Waals surface area contributed by atoms with Crippen molar-refractivity contribution in [2.45, 2.75) is 45.1 Å². The molecule has 0 spiro atoms. The molecule has 1 heterocycles. The molecule has 108 valence electrons. The summed E-state index contributed by atoms with van der Waals surface area (Å²) in [6, 6.07) is 5.97. The molecular formula is C16H24N4. The molecule has 0 fully saturated rings. The van der Waals surface area contributed by atoms with Gasteiger partial charge in [0.2, 0.25) is 0 Å². The third-order valence-electron chi connectivity index (χ3n) is 3.59. The zero-order valence-corrected chi connectivity index (χ0v) is 12.0. The topological polar surface area (TPSA) is 69.9 Å². The van der Waals surface area contributed by atoms with Crippen LogP contribution in [0.3, 0.4) is 0 Å². The number of anilines is 2. The summed E-state index contributed by atoms with van der Waals surface area (Å²) >= 11 is 0. The fourth-order valence-electron chi connectivity index (χ4n) is 2.35. The maximum atomic E-state index is 5.80. The number of nitrogens with two attached hydrogens (primary N) is 2. The van der Waals surface area contributed by atoms with Crippen molar-refractivity contribution >= 4 is 11.4 Å². The van der Waals surface area contributed by atoms with Gasteiger partial charge >= 0.3 is 0 Å². The molecule has 0 saturated carbocycles. The largest absolute Gasteiger partial charge is 0.397 e. The lowest BCUT2D eigenvalue weighted by Gasteiger charge is -2.05. The van der Waals surface area contributed by atoms with Crippen LogP contribution < -0.4 is 11.5 Å². The van der Waals surface area contributed by atoms with Gasteiger partial charge in [0.1, 0.15) is 0 Å². The van der Waals surface area contributed by atoms with Gasteiger partial charge in [-0.05, 0) is 37.0 Å². The molecule has 0 aliphatic rings. The fraction of sp³-hybridized carbons (Fsp3) is 0.438. The van der Waals surface area contributed by atoms with Crippen molar-refractivity contribution in [3.63, 3.8) is 0 Å². The predicted octanol–water partition coefficient (Wildman–Crippen LogP) is 3.24. The van der Waals surface area contributed by atoms with E-state index in [0.29, 0.717) is 11.4 Å². The van der Waals surface area contributed by atoms with Gasteiger partial charge in [-0.15, -0.1) is 0 Å². The van der Waals surface area contributed by atoms with E-state index in [0.717, 1.165) is 13.0 Å². The van der Waals surface area contributed by atoms with Gasteiger partial charge in [-0.1, -0.05) is 25.3 Å². The number of benzene rings is 1. The molecule has 0 saturated heterocycles. The SMILES string of the molecule is Nc1ccc(CCCCCCCn2ccnc2)cc1N. The standard InChI is InChI=1S/C16H24N4/c17-15-8-7-14(12-16(15)18)6-4-2-1-3-5-10-20-11-9-19-13-20/h7-9,11-13H,1-6,10,17-18H2. The van der Waals surface area contributed by atoms with Crippen LogP contribution in [0.5, 0.6) is 0 Å². The minimum Gasteiger partial charge on any atom is -0.397 e. The van der Waals surface area contributed by atoms with Gasteiger partial charge in [-0.25, -0.2) is 4.98 Å². The number of nitrogen functional groups attached to an aromatic ring is 2. The van der Waals surface area contributed by atoms with Gasteiger partial charge in [0, 0.05) is 18.9 Å². The average Bonchev–Trinajstić information content (AvgIpc) is 2.95. The Hall–Kier alpha value is -1.97. The van der Waals surface area contributed by atoms with Crippen molar-refractivity contribution in [1.82, 2.24) is 9.55 Å². The number of aromatic nitrogens is 2. The molecule has 4 nitrogen and oxygen atoms in total. The first-order chi connectivity index (χ1) is 9.75. The Morgan fingerprint density at radius 2 is 1.75 bits per heavy atom. The lowest BCUT2D eigenvalue weighted by molar-refractivity contribution is 0.560. The summed E-state index contributed by atoms with van der Waals surface area (Å²) < 4.78 is 2.14. The van der Waals surface area contributed by atoms with Crippen molar-refractivity contribution in [3.8, 4) is 0 Å². The first-order valence-corrected chi connectivity index (χ1v) is 7.35. The van der Waals surface area contributed by atoms with E-state index in [1.165, 1.54) is 37.7 Å². The Bertz CT molecular complexity index is 505. The van der Waals surface area contributed by atoms with Crippen LogP contribution in [0.15, 0.2) is 36.9 Å². The summed E-state index contributed by atoms with van der Waals surface area (Å²) in [5.41, 5.74) is 14.2. The molecule has 2 rings (SSSR count). The van der Waals surface area contributed by atoms with Crippen molar-refractivity contribution in [1.29, 1.82) is 0 Å². The minimum atomic E-state index is 0.674. The molecule has 0 amide bonds. The molecule has 0 unspecified atom stereocenters. The highest BCUT2D eigenvalue weighted by Crippen LogP contribution is 2.18. The number of unbranched alkanes of at least 4 members (excludes halogenated alkanes) is 4. The summed E-state index contributed by atoms with van der Waals surface area (Å²) in [5, 5.41) is 0. The molecular weight excluding hydrogens is 248 g/mol. The Kier molecular flexibility index (Phi) is 5.47. The lowest BCUT2D eigenvalue weighted by Crippen LogP contribution is -1.96. The van der Waals surface area contributed by atoms with E-state index in [-0.39, 0.29) is 0 Å². The lowest BCUT2D eigenvalue weighted by atomic mass is 10.0. The maximum Gasteiger partial charge on any atom is 0.0945 e. The molecule has 1 aromatic heterocycles. The van der Waals surface area contributed by atoms with Crippen molar-refractivity contribution < 1.29 is 0 Å². The zero-order chi connectivity index (χ0) is 14.2. The van der Waals surface area contributed by atoms with Gasteiger partial charge < -0.3 is 16.0 Å². The van der Waals surface area contributed by atoms with Gasteiger partial charge in [0.05, 0.1) is 17.7 Å². The molecule has 0 aliphatic carbocycles. The van der Waals surface area contributed by atoms with Crippen LogP contribution in [-0.2, 0) is 13.0 Å². The Labute approximate surface area is 120 Å². The van der Waals surface area contributed by atoms with E-state index in [1.807, 2.05) is 30.9 Å². The summed E-state index contributed by atoms with van der Waals surface area (Å²) in [5.74, 6) is 0. The summed E-state index contributed by atoms with van der Waals surface area (Å²) in [7, 11) is 0. The van der Waals surface area contributed by atoms with Crippen LogP contribution in [0.2, 0.25) is 0 Å². The Morgan fingerprint density at radius 3 is 2.50 bits per heavy atom. The first-order valence-electron chi connectivity index (χ1n) is 7.35. The molecule has 0 bridgehead atoms. The normalized spacial score (nSPS) is 10.8. The third kappa shape index (κ3) is 4.61. The molecule has 1 aromatic carbocycles. The number of rotatable bonds is 8. The van der Waals surface area contributed by atoms with Crippen LogP contribution in [-0.4, -0.2) is 9.55 Å². The van der Waals surface area contributed by atoms with Crippen LogP contribution >= 0.6 is 0 Å². The van der Waals surface area contributed by atoms with E-state index in [4.69, 9.17) is 11.5 Å². The minimum absolute atomic E-state index is 0.674. The molecule has 2 aromatic rings. The van der Waals surface area contributed by atoms with Crippen LogP contribution in [0.25, 0.3) is 0 Å². The molecule has 0 radical (unpaired) electrons. The highest BCUT2D eigenvalue weighted by Gasteiger charge is 1.98. The number of hydrogen-bond acceptors (Lipinski definition) is 3. The number of nitrogens with zero attached hydrogens (tertiary/aromatic N) is 2. The van der Waals surface area contributed by atoms with Gasteiger partial charge in [-0.3, -0.25) is 0 Å². The van der Waals surface area contributed by atoms with E-state index in [1.54, 1.807) is 0 Å². The monoisotopic (exact) mass is 272 g/mol. The maximum absolute atomic E-state index is 5.80. The first kappa shape index (κ1) is 14.4. The van der Waals surface area contributed by atoms with E-state index >= 15 is 0 Å². The average molecular weight is 272 g/mol. The highest BCUT2D eigenvalue weighted by molar-refractivity contribution is 5.63. The Balaban J connectivity index is 1.54. The number of hydrogen-bond donors (Lipinski definition) is 2. The van der Waals surface area contributed by atoms with Gasteiger partial charge in [0.25, 0.3) is 0 Å².